The number of nitrogens with two attached hydrogens (primary N) is 1. The highest BCUT2D eigenvalue weighted by atomic mass is 15.1. The largest absolute Gasteiger partial charge is 0.325 e. The van der Waals surface area contributed by atoms with E-state index in [0.29, 0.717) is 0 Å². The molecular formula is C12H26N2. The summed E-state index contributed by atoms with van der Waals surface area (Å²) >= 11 is 0. The van der Waals surface area contributed by atoms with Crippen molar-refractivity contribution in [2.75, 3.05) is 20.1 Å². The lowest BCUT2D eigenvalue weighted by Crippen LogP contribution is -2.40. The molecule has 14 heavy (non-hydrogen) atoms. The number of nitrogens with zero attached hydrogens (tertiary/aromatic N) is 1. The summed E-state index contributed by atoms with van der Waals surface area (Å²) in [5.41, 5.74) is 6.48. The van der Waals surface area contributed by atoms with Crippen molar-refractivity contribution in [1.82, 2.24) is 4.90 Å². The molecule has 1 aliphatic rings. The molecule has 0 radical (unpaired) electrons. The molecule has 2 heteroatoms. The first-order valence-electron chi connectivity index (χ1n) is 5.99. The molecule has 1 saturated carbocycles. The second-order valence-electron chi connectivity index (χ2n) is 5.48. The zero-order valence-corrected chi connectivity index (χ0v) is 10.1. The van der Waals surface area contributed by atoms with Crippen LogP contribution in [0.3, 0.4) is 0 Å². The number of hydrogen-bond acceptors (Lipinski definition) is 2. The molecule has 0 bridgehead atoms. The highest BCUT2D eigenvalue weighted by Gasteiger charge is 2.28. The molecule has 1 aliphatic carbocycles. The van der Waals surface area contributed by atoms with E-state index in [1.165, 1.54) is 38.6 Å². The maximum absolute atomic E-state index is 6.31. The van der Waals surface area contributed by atoms with Gasteiger partial charge in [0.1, 0.15) is 0 Å². The van der Waals surface area contributed by atoms with Crippen LogP contribution in [0.2, 0.25) is 0 Å². The van der Waals surface area contributed by atoms with Crippen LogP contribution < -0.4 is 5.73 Å². The fourth-order valence-corrected chi connectivity index (χ4v) is 2.46. The molecule has 0 atom stereocenters. The lowest BCUT2D eigenvalue weighted by atomic mass is 9.94. The molecule has 2 N–H and O–H groups in total. The maximum Gasteiger partial charge on any atom is 0.0166 e. The quantitative estimate of drug-likeness (QED) is 0.734. The molecule has 0 saturated heterocycles. The van der Waals surface area contributed by atoms with Gasteiger partial charge in [-0.15, -0.1) is 0 Å². The Balaban J connectivity index is 2.18. The van der Waals surface area contributed by atoms with Crippen LogP contribution in [0.25, 0.3) is 0 Å². The standard InChI is InChI=1S/C12H26N2/c1-11(2)10-14(3)9-8-12(13)6-4-5-7-12/h11H,4-10,13H2,1-3H3. The van der Waals surface area contributed by atoms with E-state index < -0.39 is 0 Å². The second-order valence-corrected chi connectivity index (χ2v) is 5.48. The first-order valence-corrected chi connectivity index (χ1v) is 5.99. The van der Waals surface area contributed by atoms with E-state index in [2.05, 4.69) is 25.8 Å². The van der Waals surface area contributed by atoms with Gasteiger partial charge in [-0.25, -0.2) is 0 Å². The van der Waals surface area contributed by atoms with Crippen LogP contribution in [-0.4, -0.2) is 30.6 Å². The highest BCUT2D eigenvalue weighted by Crippen LogP contribution is 2.29. The van der Waals surface area contributed by atoms with Crippen LogP contribution in [0.15, 0.2) is 0 Å². The van der Waals surface area contributed by atoms with Crippen LogP contribution in [0.5, 0.6) is 0 Å². The third-order valence-corrected chi connectivity index (χ3v) is 3.27. The Kier molecular flexibility index (Phi) is 4.39. The number of rotatable bonds is 5. The Bertz CT molecular complexity index is 160. The average molecular weight is 198 g/mol. The zero-order valence-electron chi connectivity index (χ0n) is 10.1. The third-order valence-electron chi connectivity index (χ3n) is 3.27. The van der Waals surface area contributed by atoms with Crippen molar-refractivity contribution in [3.63, 3.8) is 0 Å². The highest BCUT2D eigenvalue weighted by molar-refractivity contribution is 4.89. The molecule has 0 aromatic rings. The van der Waals surface area contributed by atoms with Crippen molar-refractivity contribution < 1.29 is 0 Å². The number of hydrogen-bond donors (Lipinski definition) is 1. The SMILES string of the molecule is CC(C)CN(C)CCC1(N)CCCC1. The molecule has 1 fully saturated rings. The predicted octanol–water partition coefficient (Wildman–Crippen LogP) is 2.24. The third kappa shape index (κ3) is 3.97. The van der Waals surface area contributed by atoms with E-state index in [4.69, 9.17) is 5.73 Å². The van der Waals surface area contributed by atoms with Crippen LogP contribution in [0.1, 0.15) is 46.0 Å². The topological polar surface area (TPSA) is 29.3 Å². The van der Waals surface area contributed by atoms with E-state index in [1.807, 2.05) is 0 Å². The fraction of sp³-hybridized carbons (Fsp3) is 1.00. The molecule has 0 aromatic heterocycles. The van der Waals surface area contributed by atoms with Crippen LogP contribution in [-0.2, 0) is 0 Å². The van der Waals surface area contributed by atoms with Gasteiger partial charge in [-0.2, -0.15) is 0 Å². The summed E-state index contributed by atoms with van der Waals surface area (Å²) in [5.74, 6) is 0.761. The van der Waals surface area contributed by atoms with E-state index in [-0.39, 0.29) is 5.54 Å². The summed E-state index contributed by atoms with van der Waals surface area (Å²) in [5, 5.41) is 0. The second kappa shape index (κ2) is 5.13. The Morgan fingerprint density at radius 2 is 1.86 bits per heavy atom. The van der Waals surface area contributed by atoms with Gasteiger partial charge in [0.15, 0.2) is 0 Å². The molecule has 0 amide bonds. The zero-order chi connectivity index (χ0) is 10.6. The normalized spacial score (nSPS) is 21.0. The minimum atomic E-state index is 0.172. The molecule has 0 unspecified atom stereocenters. The minimum Gasteiger partial charge on any atom is -0.325 e. The van der Waals surface area contributed by atoms with Crippen molar-refractivity contribution >= 4 is 0 Å². The summed E-state index contributed by atoms with van der Waals surface area (Å²) in [7, 11) is 2.21. The average Bonchev–Trinajstić information content (AvgIpc) is 2.49. The predicted molar refractivity (Wildman–Crippen MR) is 62.3 cm³/mol. The van der Waals surface area contributed by atoms with Crippen LogP contribution in [0.4, 0.5) is 0 Å². The Morgan fingerprint density at radius 1 is 1.29 bits per heavy atom. The van der Waals surface area contributed by atoms with Crippen molar-refractivity contribution in [3.05, 3.63) is 0 Å². The van der Waals surface area contributed by atoms with Crippen LogP contribution in [0, 0.1) is 5.92 Å². The molecule has 84 valence electrons. The van der Waals surface area contributed by atoms with Gasteiger partial charge in [-0.3, -0.25) is 0 Å². The van der Waals surface area contributed by atoms with E-state index >= 15 is 0 Å². The molecule has 0 heterocycles. The first kappa shape index (κ1) is 12.0. The Labute approximate surface area is 88.8 Å². The summed E-state index contributed by atoms with van der Waals surface area (Å²) in [6.45, 7) is 6.89. The summed E-state index contributed by atoms with van der Waals surface area (Å²) in [6, 6.07) is 0. The van der Waals surface area contributed by atoms with Gasteiger partial charge in [0.25, 0.3) is 0 Å². The molecule has 0 aromatic carbocycles. The van der Waals surface area contributed by atoms with Gasteiger partial charge in [0.05, 0.1) is 0 Å². The van der Waals surface area contributed by atoms with Crippen molar-refractivity contribution in [1.29, 1.82) is 0 Å². The van der Waals surface area contributed by atoms with Gasteiger partial charge in [0.2, 0.25) is 0 Å². The molecule has 2 nitrogen and oxygen atoms in total. The summed E-state index contributed by atoms with van der Waals surface area (Å²) < 4.78 is 0. The lowest BCUT2D eigenvalue weighted by Gasteiger charge is -2.27. The van der Waals surface area contributed by atoms with Gasteiger partial charge in [-0.1, -0.05) is 26.7 Å². The summed E-state index contributed by atoms with van der Waals surface area (Å²) in [6.07, 6.45) is 6.33. The van der Waals surface area contributed by atoms with Crippen LogP contribution >= 0.6 is 0 Å². The molecule has 0 aliphatic heterocycles. The summed E-state index contributed by atoms with van der Waals surface area (Å²) in [4.78, 5) is 2.41. The molecule has 0 spiro atoms. The van der Waals surface area contributed by atoms with Crippen molar-refractivity contribution in [2.24, 2.45) is 11.7 Å². The Hall–Kier alpha value is -0.0800. The smallest absolute Gasteiger partial charge is 0.0166 e. The fourth-order valence-electron chi connectivity index (χ4n) is 2.46. The van der Waals surface area contributed by atoms with E-state index in [0.717, 1.165) is 12.5 Å². The van der Waals surface area contributed by atoms with Crippen molar-refractivity contribution in [3.8, 4) is 0 Å². The maximum atomic E-state index is 6.31. The monoisotopic (exact) mass is 198 g/mol. The van der Waals surface area contributed by atoms with E-state index in [9.17, 15) is 0 Å². The molecule has 1 rings (SSSR count). The van der Waals surface area contributed by atoms with Gasteiger partial charge < -0.3 is 10.6 Å². The van der Waals surface area contributed by atoms with Gasteiger partial charge >= 0.3 is 0 Å². The van der Waals surface area contributed by atoms with Gasteiger partial charge in [0, 0.05) is 12.1 Å². The van der Waals surface area contributed by atoms with Gasteiger partial charge in [-0.05, 0) is 38.8 Å². The Morgan fingerprint density at radius 3 is 2.36 bits per heavy atom. The first-order chi connectivity index (χ1) is 6.52. The van der Waals surface area contributed by atoms with E-state index in [1.54, 1.807) is 0 Å². The van der Waals surface area contributed by atoms with Crippen molar-refractivity contribution in [2.45, 2.75) is 51.5 Å². The minimum absolute atomic E-state index is 0.172. The lowest BCUT2D eigenvalue weighted by molar-refractivity contribution is 0.256. The molecular weight excluding hydrogens is 172 g/mol.